The number of rotatable bonds is 11. The van der Waals surface area contributed by atoms with E-state index in [0.717, 1.165) is 24.6 Å². The number of nitrogens with zero attached hydrogens (tertiary/aromatic N) is 5. The van der Waals surface area contributed by atoms with Crippen LogP contribution in [0.15, 0.2) is 119 Å². The number of aromatic nitrogens is 4. The molecule has 3 heterocycles. The lowest BCUT2D eigenvalue weighted by Gasteiger charge is -2.28. The molecule has 4 aromatic carbocycles. The number of alkyl halides is 6. The smallest absolute Gasteiger partial charge is 0.406 e. The van der Waals surface area contributed by atoms with Crippen LogP contribution in [-0.2, 0) is 24.4 Å². The van der Waals surface area contributed by atoms with Crippen molar-refractivity contribution in [1.82, 2.24) is 19.9 Å². The highest BCUT2D eigenvalue weighted by atomic mass is 35.5. The van der Waals surface area contributed by atoms with Gasteiger partial charge in [-0.1, -0.05) is 35.9 Å². The molecule has 1 aliphatic heterocycles. The molecule has 0 amide bonds. The van der Waals surface area contributed by atoms with Gasteiger partial charge in [-0.15, -0.1) is 26.3 Å². The van der Waals surface area contributed by atoms with Crippen LogP contribution >= 0.6 is 11.6 Å². The van der Waals surface area contributed by atoms with Crippen LogP contribution in [0.3, 0.4) is 0 Å². The highest BCUT2D eigenvalue weighted by molar-refractivity contribution is 7.91. The van der Waals surface area contributed by atoms with E-state index in [0.29, 0.717) is 66.0 Å². The lowest BCUT2D eigenvalue weighted by molar-refractivity contribution is -0.275. The van der Waals surface area contributed by atoms with Crippen LogP contribution in [-0.4, -0.2) is 88.3 Å². The van der Waals surface area contributed by atoms with Crippen molar-refractivity contribution in [2.75, 3.05) is 54.3 Å². The average Bonchev–Trinajstić information content (AvgIpc) is 3.21. The van der Waals surface area contributed by atoms with Gasteiger partial charge < -0.3 is 29.7 Å². The van der Waals surface area contributed by atoms with Gasteiger partial charge in [-0.3, -0.25) is 0 Å². The van der Waals surface area contributed by atoms with Gasteiger partial charge in [-0.2, -0.15) is 4.98 Å². The zero-order chi connectivity index (χ0) is 45.6. The maximum absolute atomic E-state index is 12.4. The normalized spacial score (nSPS) is 13.4. The second kappa shape index (κ2) is 19.0. The molecular formula is C40H34ClF6N7O7S2. The summed E-state index contributed by atoms with van der Waals surface area (Å²) in [4.78, 5) is 19.7. The number of anilines is 5. The number of morpholine rings is 1. The van der Waals surface area contributed by atoms with Crippen molar-refractivity contribution in [3.8, 4) is 34.0 Å². The van der Waals surface area contributed by atoms with Crippen LogP contribution in [0, 0.1) is 0 Å². The van der Waals surface area contributed by atoms with Gasteiger partial charge in [0.05, 0.1) is 34.4 Å². The van der Waals surface area contributed by atoms with Gasteiger partial charge in [-0.25, -0.2) is 31.8 Å². The summed E-state index contributed by atoms with van der Waals surface area (Å²) < 4.78 is 135. The molecule has 0 spiro atoms. The van der Waals surface area contributed by atoms with E-state index in [1.807, 2.05) is 4.90 Å². The van der Waals surface area contributed by atoms with Crippen molar-refractivity contribution < 1.29 is 57.4 Å². The molecule has 23 heteroatoms. The standard InChI is InChI=1S/C22H21F3N4O4S.C18H13ClF3N3O3S/c1-34(30,31)18-4-2-3-15(13-18)19-14-20(29-9-11-32-12-10-29)28-21(27-19)26-16-5-7-17(8-6-16)33-22(23,24)25;1-29(26,27)14-4-2-3-11(9-14)15-10-16(19)25-17(24-15)23-12-5-7-13(8-6-12)28-18(20,21)22/h2-8,13-14H,9-12H2,1H3,(H,26,27,28);2-10H,1H3,(H,23,24,25). The van der Waals surface area contributed by atoms with E-state index >= 15 is 0 Å². The Hall–Kier alpha value is -6.23. The minimum atomic E-state index is -4.78. The zero-order valence-corrected chi connectivity index (χ0v) is 35.2. The maximum Gasteiger partial charge on any atom is 0.573 e. The van der Waals surface area contributed by atoms with Crippen molar-refractivity contribution in [2.45, 2.75) is 22.5 Å². The predicted molar refractivity (Wildman–Crippen MR) is 222 cm³/mol. The molecule has 0 radical (unpaired) electrons. The molecule has 14 nitrogen and oxygen atoms in total. The van der Waals surface area contributed by atoms with Crippen molar-refractivity contribution >= 4 is 60.4 Å². The van der Waals surface area contributed by atoms with Gasteiger partial charge in [0.15, 0.2) is 19.7 Å². The third-order valence-electron chi connectivity index (χ3n) is 8.55. The Balaban J connectivity index is 0.000000213. The molecule has 0 bridgehead atoms. The minimum absolute atomic E-state index is 0.0850. The van der Waals surface area contributed by atoms with Crippen LogP contribution in [0.1, 0.15) is 0 Å². The highest BCUT2D eigenvalue weighted by Gasteiger charge is 2.32. The Morgan fingerprint density at radius 1 is 0.603 bits per heavy atom. The second-order valence-electron chi connectivity index (χ2n) is 13.4. The summed E-state index contributed by atoms with van der Waals surface area (Å²) in [5, 5.41) is 5.92. The summed E-state index contributed by atoms with van der Waals surface area (Å²) in [7, 11) is -6.82. The van der Waals surface area contributed by atoms with Gasteiger partial charge in [0.25, 0.3) is 0 Å². The quantitative estimate of drug-likeness (QED) is 0.0931. The molecule has 0 unspecified atom stereocenters. The lowest BCUT2D eigenvalue weighted by atomic mass is 10.1. The van der Waals surface area contributed by atoms with E-state index in [-0.39, 0.29) is 38.3 Å². The Morgan fingerprint density at radius 3 is 1.46 bits per heavy atom. The fraction of sp³-hybridized carbons (Fsp3) is 0.200. The molecule has 0 atom stereocenters. The topological polar surface area (TPSA) is 175 Å². The van der Waals surface area contributed by atoms with Crippen molar-refractivity contribution in [2.24, 2.45) is 0 Å². The number of halogens is 7. The summed E-state index contributed by atoms with van der Waals surface area (Å²) in [5.41, 5.74) is 2.80. The molecule has 6 aromatic rings. The first kappa shape index (κ1) is 46.3. The molecule has 0 aliphatic carbocycles. The lowest BCUT2D eigenvalue weighted by Crippen LogP contribution is -2.36. The molecule has 7 rings (SSSR count). The Labute approximate surface area is 361 Å². The Bertz CT molecular complexity index is 2780. The molecule has 2 aromatic heterocycles. The van der Waals surface area contributed by atoms with Gasteiger partial charge in [0, 0.05) is 60.2 Å². The molecular weight excluding hydrogens is 904 g/mol. The summed E-state index contributed by atoms with van der Waals surface area (Å²) in [5.74, 6) is 0.181. The molecule has 0 saturated carbocycles. The Kier molecular flexibility index (Phi) is 14.0. The molecule has 1 saturated heterocycles. The first-order chi connectivity index (χ1) is 29.6. The predicted octanol–water partition coefficient (Wildman–Crippen LogP) is 8.87. The zero-order valence-electron chi connectivity index (χ0n) is 32.8. The monoisotopic (exact) mass is 937 g/mol. The van der Waals surface area contributed by atoms with E-state index in [1.165, 1.54) is 66.7 Å². The summed E-state index contributed by atoms with van der Waals surface area (Å²) in [6, 6.07) is 26.0. The van der Waals surface area contributed by atoms with E-state index in [4.69, 9.17) is 16.3 Å². The Morgan fingerprint density at radius 2 is 1.03 bits per heavy atom. The van der Waals surface area contributed by atoms with Crippen LogP contribution in [0.2, 0.25) is 5.15 Å². The SMILES string of the molecule is CS(=O)(=O)c1cccc(-c2cc(Cl)nc(Nc3ccc(OC(F)(F)F)cc3)n2)c1.CS(=O)(=O)c1cccc(-c2cc(N3CCOCC3)nc(Nc3ccc(OC(F)(F)F)cc3)n2)c1. The summed E-state index contributed by atoms with van der Waals surface area (Å²) >= 11 is 6.04. The molecule has 1 fully saturated rings. The fourth-order valence-electron chi connectivity index (χ4n) is 5.72. The second-order valence-corrected chi connectivity index (χ2v) is 17.8. The van der Waals surface area contributed by atoms with E-state index in [9.17, 15) is 43.2 Å². The maximum atomic E-state index is 12.4. The van der Waals surface area contributed by atoms with E-state index in [1.54, 1.807) is 30.3 Å². The van der Waals surface area contributed by atoms with Crippen molar-refractivity contribution in [3.63, 3.8) is 0 Å². The number of ether oxygens (including phenoxy) is 3. The first-order valence-electron chi connectivity index (χ1n) is 18.2. The minimum Gasteiger partial charge on any atom is -0.406 e. The van der Waals surface area contributed by atoms with Crippen LogP contribution in [0.5, 0.6) is 11.5 Å². The average molecular weight is 938 g/mol. The van der Waals surface area contributed by atoms with E-state index in [2.05, 4.69) is 40.0 Å². The molecule has 63 heavy (non-hydrogen) atoms. The third kappa shape index (κ3) is 13.9. The fourth-order valence-corrected chi connectivity index (χ4v) is 7.24. The summed E-state index contributed by atoms with van der Waals surface area (Å²) in [6.07, 6.45) is -7.33. The van der Waals surface area contributed by atoms with Gasteiger partial charge in [0.1, 0.15) is 22.5 Å². The largest absolute Gasteiger partial charge is 0.573 e. The van der Waals surface area contributed by atoms with Gasteiger partial charge >= 0.3 is 12.7 Å². The third-order valence-corrected chi connectivity index (χ3v) is 11.0. The van der Waals surface area contributed by atoms with Crippen molar-refractivity contribution in [1.29, 1.82) is 0 Å². The number of hydrogen-bond donors (Lipinski definition) is 2. The van der Waals surface area contributed by atoms with Gasteiger partial charge in [0.2, 0.25) is 11.9 Å². The molecule has 1 aliphatic rings. The number of benzene rings is 4. The van der Waals surface area contributed by atoms with Crippen LogP contribution in [0.4, 0.5) is 55.4 Å². The van der Waals surface area contributed by atoms with Crippen LogP contribution in [0.25, 0.3) is 22.5 Å². The molecule has 332 valence electrons. The summed E-state index contributed by atoms with van der Waals surface area (Å²) in [6.45, 7) is 2.30. The van der Waals surface area contributed by atoms with Gasteiger partial charge in [-0.05, 0) is 72.8 Å². The van der Waals surface area contributed by atoms with Crippen LogP contribution < -0.4 is 25.0 Å². The first-order valence-corrected chi connectivity index (χ1v) is 22.4. The number of hydrogen-bond acceptors (Lipinski definition) is 14. The molecule has 2 N–H and O–H groups in total. The highest BCUT2D eigenvalue weighted by Crippen LogP contribution is 2.30. The number of nitrogens with one attached hydrogen (secondary N) is 2. The van der Waals surface area contributed by atoms with Crippen molar-refractivity contribution in [3.05, 3.63) is 114 Å². The van der Waals surface area contributed by atoms with E-state index < -0.39 is 32.4 Å². The number of sulfone groups is 2.